The van der Waals surface area contributed by atoms with Crippen LogP contribution in [0.15, 0.2) is 70.1 Å². The molecule has 3 aromatic rings. The lowest BCUT2D eigenvalue weighted by Gasteiger charge is -2.21. The Labute approximate surface area is 238 Å². The van der Waals surface area contributed by atoms with Gasteiger partial charge in [0, 0.05) is 41.5 Å². The van der Waals surface area contributed by atoms with Gasteiger partial charge in [0.25, 0.3) is 5.01 Å². The number of nitrogens with zero attached hydrogens (tertiary/aromatic N) is 2. The highest BCUT2D eigenvalue weighted by Gasteiger charge is 2.25. The summed E-state index contributed by atoms with van der Waals surface area (Å²) in [6, 6.07) is 16.2. The molecule has 0 aliphatic carbocycles. The van der Waals surface area contributed by atoms with Crippen LogP contribution in [0.5, 0.6) is 0 Å². The molecule has 0 amide bonds. The molecule has 2 heterocycles. The average molecular weight is 608 g/mol. The predicted octanol–water partition coefficient (Wildman–Crippen LogP) is 5.09. The van der Waals surface area contributed by atoms with Crippen molar-refractivity contribution in [3.8, 4) is 0 Å². The Balaban J connectivity index is 1.61. The van der Waals surface area contributed by atoms with E-state index in [0.29, 0.717) is 38.8 Å². The lowest BCUT2D eigenvalue weighted by atomic mass is 10.2. The number of thiazole rings is 1. The molecule has 2 aromatic carbocycles. The van der Waals surface area contributed by atoms with Crippen LogP contribution in [0.3, 0.4) is 0 Å². The Hall–Kier alpha value is -2.22. The van der Waals surface area contributed by atoms with Gasteiger partial charge in [0.15, 0.2) is 6.54 Å². The highest BCUT2D eigenvalue weighted by atomic mass is 32.2. The fourth-order valence-electron chi connectivity index (χ4n) is 4.44. The summed E-state index contributed by atoms with van der Waals surface area (Å²) in [5.74, 6) is -0.719. The van der Waals surface area contributed by atoms with Crippen LogP contribution >= 0.6 is 23.1 Å². The number of fused-ring (bicyclic) bond motifs is 2. The van der Waals surface area contributed by atoms with Crippen LogP contribution in [-0.2, 0) is 26.8 Å². The van der Waals surface area contributed by atoms with E-state index in [1.165, 1.54) is 0 Å². The molecule has 8 nitrogen and oxygen atoms in total. The van der Waals surface area contributed by atoms with E-state index in [4.69, 9.17) is 0 Å². The second-order valence-electron chi connectivity index (χ2n) is 9.27. The minimum absolute atomic E-state index is 0.314. The van der Waals surface area contributed by atoms with Crippen molar-refractivity contribution in [1.29, 1.82) is 0 Å². The zero-order valence-corrected chi connectivity index (χ0v) is 24.9. The molecule has 0 saturated heterocycles. The van der Waals surface area contributed by atoms with Gasteiger partial charge in [-0.1, -0.05) is 54.3 Å². The smallest absolute Gasteiger partial charge is 0.263 e. The molecule has 0 N–H and O–H groups in total. The van der Waals surface area contributed by atoms with E-state index in [1.807, 2.05) is 36.4 Å². The summed E-state index contributed by atoms with van der Waals surface area (Å²) < 4.78 is 69.5. The second kappa shape index (κ2) is 13.0. The summed E-state index contributed by atoms with van der Waals surface area (Å²) in [6.07, 6.45) is 6.89. The molecule has 0 unspecified atom stereocenters. The summed E-state index contributed by atoms with van der Waals surface area (Å²) in [6.45, 7) is 3.30. The normalized spacial score (nSPS) is 15.4. The molecule has 210 valence electrons. The van der Waals surface area contributed by atoms with E-state index >= 15 is 0 Å². The highest BCUT2D eigenvalue weighted by molar-refractivity contribution is 8.03. The van der Waals surface area contributed by atoms with Crippen molar-refractivity contribution in [2.24, 2.45) is 0 Å². The van der Waals surface area contributed by atoms with E-state index in [1.54, 1.807) is 23.1 Å². The van der Waals surface area contributed by atoms with Gasteiger partial charge >= 0.3 is 0 Å². The van der Waals surface area contributed by atoms with Gasteiger partial charge in [-0.2, -0.15) is 4.57 Å². The van der Waals surface area contributed by atoms with E-state index in [-0.39, 0.29) is 11.5 Å². The number of allylic oxidation sites excluding steroid dienone is 2. The molecule has 39 heavy (non-hydrogen) atoms. The maximum atomic E-state index is 11.0. The molecule has 1 aliphatic heterocycles. The second-order valence-corrected chi connectivity index (χ2v) is 14.4. The molecule has 0 atom stereocenters. The third kappa shape index (κ3) is 8.38. The Morgan fingerprint density at radius 1 is 0.923 bits per heavy atom. The first-order chi connectivity index (χ1) is 18.5. The molecule has 0 spiro atoms. The van der Waals surface area contributed by atoms with Crippen LogP contribution in [0.1, 0.15) is 44.0 Å². The van der Waals surface area contributed by atoms with Gasteiger partial charge < -0.3 is 14.0 Å². The third-order valence-corrected chi connectivity index (χ3v) is 10.2. The number of rotatable bonds is 13. The lowest BCUT2D eigenvalue weighted by Crippen LogP contribution is -2.35. The van der Waals surface area contributed by atoms with Crippen LogP contribution in [-0.4, -0.2) is 44.0 Å². The predicted molar refractivity (Wildman–Crippen MR) is 156 cm³/mol. The van der Waals surface area contributed by atoms with Crippen molar-refractivity contribution in [1.82, 2.24) is 0 Å². The topological polar surface area (TPSA) is 122 Å². The van der Waals surface area contributed by atoms with Gasteiger partial charge in [-0.15, -0.1) is 0 Å². The van der Waals surface area contributed by atoms with Crippen LogP contribution in [0, 0.1) is 0 Å². The molecule has 0 fully saturated rings. The minimum Gasteiger partial charge on any atom is -0.748 e. The van der Waals surface area contributed by atoms with Crippen molar-refractivity contribution in [2.45, 2.75) is 50.5 Å². The van der Waals surface area contributed by atoms with Crippen molar-refractivity contribution >= 4 is 65.3 Å². The number of unbranched alkanes of at least 4 members (excludes halogenated alkanes) is 2. The molecule has 0 bridgehead atoms. The fraction of sp³-hybridized carbons (Fsp3) is 0.370. The fourth-order valence-corrected chi connectivity index (χ4v) is 7.89. The van der Waals surface area contributed by atoms with Crippen molar-refractivity contribution in [2.75, 3.05) is 23.0 Å². The minimum atomic E-state index is -4.23. The number of aryl methyl sites for hydroxylation is 1. The van der Waals surface area contributed by atoms with Crippen molar-refractivity contribution < 1.29 is 30.5 Å². The molecule has 0 saturated carbocycles. The number of hydrogen-bond acceptors (Lipinski definition) is 9. The van der Waals surface area contributed by atoms with Crippen LogP contribution < -0.4 is 9.47 Å². The first kappa shape index (κ1) is 29.8. The zero-order valence-electron chi connectivity index (χ0n) is 21.6. The number of para-hydroxylation sites is 2. The van der Waals surface area contributed by atoms with Crippen LogP contribution in [0.2, 0.25) is 0 Å². The number of anilines is 1. The van der Waals surface area contributed by atoms with E-state index in [0.717, 1.165) is 42.8 Å². The molecular formula is C27H31N2O6S4-. The van der Waals surface area contributed by atoms with Gasteiger partial charge in [-0.3, -0.25) is 0 Å². The quantitative estimate of drug-likeness (QED) is 0.150. The van der Waals surface area contributed by atoms with Crippen molar-refractivity contribution in [3.05, 3.63) is 70.2 Å². The SMILES string of the molecule is CCC(/C=C1\Sc2ccccc2N1CCCCS(=O)(=O)[O-])=C\c1sc2ccccc2[n+]1CCCCS(=O)(=O)[O-]. The Morgan fingerprint density at radius 3 is 2.31 bits per heavy atom. The van der Waals surface area contributed by atoms with E-state index in [9.17, 15) is 25.9 Å². The third-order valence-electron chi connectivity index (χ3n) is 6.35. The number of aromatic nitrogens is 1. The molecule has 4 rings (SSSR count). The summed E-state index contributed by atoms with van der Waals surface area (Å²) >= 11 is 3.33. The highest BCUT2D eigenvalue weighted by Crippen LogP contribution is 2.46. The summed E-state index contributed by atoms with van der Waals surface area (Å²) in [5.41, 5.74) is 3.25. The largest absolute Gasteiger partial charge is 0.748 e. The van der Waals surface area contributed by atoms with Gasteiger partial charge in [-0.25, -0.2) is 16.8 Å². The van der Waals surface area contributed by atoms with Gasteiger partial charge in [-0.05, 0) is 55.5 Å². The molecule has 12 heteroatoms. The van der Waals surface area contributed by atoms with E-state index in [2.05, 4.69) is 40.7 Å². The molecule has 1 aliphatic rings. The van der Waals surface area contributed by atoms with Gasteiger partial charge in [0.1, 0.15) is 4.70 Å². The Bertz CT molecular complexity index is 1590. The van der Waals surface area contributed by atoms with Gasteiger partial charge in [0.05, 0.1) is 31.0 Å². The van der Waals surface area contributed by atoms with Gasteiger partial charge in [0.2, 0.25) is 5.52 Å². The molecule has 1 aromatic heterocycles. The summed E-state index contributed by atoms with van der Waals surface area (Å²) in [7, 11) is -8.45. The molecular weight excluding hydrogens is 577 g/mol. The standard InChI is InChI=1S/C27H32N2O6S4/c1-2-21(19-26-28(15-7-9-17-38(30,31)32)22-11-3-5-13-24(22)36-26)20-27-29(16-8-10-18-39(33,34)35)23-12-4-6-14-25(23)37-27/h3-6,11-14,19-20H,2,7-10,15-18H2,1H3,(H-,30,31,32,33,34,35)/p-1. The molecule has 0 radical (unpaired) electrons. The Morgan fingerprint density at radius 2 is 1.59 bits per heavy atom. The van der Waals surface area contributed by atoms with Crippen LogP contribution in [0.25, 0.3) is 16.3 Å². The number of hydrogen-bond donors (Lipinski definition) is 0. The van der Waals surface area contributed by atoms with Crippen molar-refractivity contribution in [3.63, 3.8) is 0 Å². The van der Waals surface area contributed by atoms with E-state index < -0.39 is 20.2 Å². The first-order valence-electron chi connectivity index (χ1n) is 12.8. The maximum Gasteiger partial charge on any atom is 0.263 e. The summed E-state index contributed by atoms with van der Waals surface area (Å²) in [5, 5.41) is 2.09. The average Bonchev–Trinajstić information content (AvgIpc) is 3.40. The first-order valence-corrected chi connectivity index (χ1v) is 17.6. The lowest BCUT2D eigenvalue weighted by molar-refractivity contribution is -0.669. The monoisotopic (exact) mass is 607 g/mol. The van der Waals surface area contributed by atoms with Crippen LogP contribution in [0.4, 0.5) is 5.69 Å². The maximum absolute atomic E-state index is 11.0. The Kier molecular flexibility index (Phi) is 9.89. The number of benzene rings is 2. The number of thioether (sulfide) groups is 1. The zero-order chi connectivity index (χ0) is 28.0. The summed E-state index contributed by atoms with van der Waals surface area (Å²) in [4.78, 5) is 3.31.